The second-order valence-corrected chi connectivity index (χ2v) is 6.05. The molecule has 0 rings (SSSR count). The molecule has 0 fully saturated rings. The van der Waals surface area contributed by atoms with Crippen LogP contribution in [0.25, 0.3) is 0 Å². The number of amides is 1. The molecule has 0 aliphatic rings. The molecule has 0 saturated heterocycles. The van der Waals surface area contributed by atoms with Crippen LogP contribution in [0.5, 0.6) is 0 Å². The number of hydrogen-bond donors (Lipinski definition) is 2. The van der Waals surface area contributed by atoms with Crippen LogP contribution in [0.3, 0.4) is 0 Å². The molecule has 0 unspecified atom stereocenters. The van der Waals surface area contributed by atoms with E-state index in [1.54, 1.807) is 0 Å². The Morgan fingerprint density at radius 1 is 1.12 bits per heavy atom. The molecule has 7 heteroatoms. The van der Waals surface area contributed by atoms with Gasteiger partial charge in [0.25, 0.3) is 0 Å². The van der Waals surface area contributed by atoms with Crippen LogP contribution in [-0.2, 0) is 13.3 Å². The van der Waals surface area contributed by atoms with Gasteiger partial charge in [0.1, 0.15) is 0 Å². The Balaban J connectivity index is 4.18. The van der Waals surface area contributed by atoms with Crippen LogP contribution in [0.15, 0.2) is 0 Å². The minimum absolute atomic E-state index is 0.386. The largest absolute Gasteiger partial charge is 0.500 e. The van der Waals surface area contributed by atoms with E-state index in [1.807, 2.05) is 20.8 Å². The number of carbonyl (C=O) groups is 1. The molecule has 0 bridgehead atoms. The highest BCUT2D eigenvalue weighted by molar-refractivity contribution is 6.60. The first-order chi connectivity index (χ1) is 8.10. The van der Waals surface area contributed by atoms with Crippen LogP contribution in [0.1, 0.15) is 27.2 Å². The standard InChI is InChI=1S/C10H23NO5Si/c1-4-14-17(15-5-2,16-6-3)9-7-8-11-10(12)13/h11H,4-9H2,1-3H3,(H,12,13). The highest BCUT2D eigenvalue weighted by atomic mass is 28.4. The second-order valence-electron chi connectivity index (χ2n) is 3.32. The van der Waals surface area contributed by atoms with E-state index in [-0.39, 0.29) is 0 Å². The summed E-state index contributed by atoms with van der Waals surface area (Å²) in [5.74, 6) is 0. The molecule has 0 aromatic heterocycles. The Labute approximate surface area is 104 Å². The van der Waals surface area contributed by atoms with Crippen molar-refractivity contribution in [1.29, 1.82) is 0 Å². The van der Waals surface area contributed by atoms with E-state index in [1.165, 1.54) is 0 Å². The zero-order chi connectivity index (χ0) is 13.1. The molecular weight excluding hydrogens is 242 g/mol. The van der Waals surface area contributed by atoms with E-state index in [0.29, 0.717) is 38.8 Å². The van der Waals surface area contributed by atoms with E-state index in [2.05, 4.69) is 5.32 Å². The Morgan fingerprint density at radius 2 is 1.59 bits per heavy atom. The van der Waals surface area contributed by atoms with Gasteiger partial charge >= 0.3 is 14.9 Å². The van der Waals surface area contributed by atoms with Gasteiger partial charge in [-0.05, 0) is 27.2 Å². The fourth-order valence-electron chi connectivity index (χ4n) is 1.50. The summed E-state index contributed by atoms with van der Waals surface area (Å²) < 4.78 is 16.9. The van der Waals surface area contributed by atoms with Crippen molar-refractivity contribution in [2.75, 3.05) is 26.4 Å². The van der Waals surface area contributed by atoms with Gasteiger partial charge in [0, 0.05) is 32.4 Å². The molecule has 0 spiro atoms. The van der Waals surface area contributed by atoms with Crippen LogP contribution in [0.4, 0.5) is 4.79 Å². The number of rotatable bonds is 10. The molecule has 1 amide bonds. The average Bonchev–Trinajstić information content (AvgIpc) is 2.25. The highest BCUT2D eigenvalue weighted by Gasteiger charge is 2.39. The lowest BCUT2D eigenvalue weighted by Crippen LogP contribution is -2.46. The lowest BCUT2D eigenvalue weighted by atomic mass is 10.5. The SMILES string of the molecule is CCO[Si](CCCNC(=O)O)(OCC)OCC. The van der Waals surface area contributed by atoms with Crippen molar-refractivity contribution >= 4 is 14.9 Å². The van der Waals surface area contributed by atoms with Crippen LogP contribution < -0.4 is 5.32 Å². The Hall–Kier alpha value is -0.633. The summed E-state index contributed by atoms with van der Waals surface area (Å²) in [6.45, 7) is 7.70. The summed E-state index contributed by atoms with van der Waals surface area (Å²) in [7, 11) is -2.60. The van der Waals surface area contributed by atoms with Crippen LogP contribution >= 0.6 is 0 Å². The van der Waals surface area contributed by atoms with Gasteiger partial charge in [-0.25, -0.2) is 4.79 Å². The van der Waals surface area contributed by atoms with Crippen molar-refractivity contribution in [3.63, 3.8) is 0 Å². The van der Waals surface area contributed by atoms with E-state index in [9.17, 15) is 4.79 Å². The minimum Gasteiger partial charge on any atom is -0.465 e. The Morgan fingerprint density at radius 3 is 1.94 bits per heavy atom. The van der Waals surface area contributed by atoms with Gasteiger partial charge in [0.15, 0.2) is 0 Å². The van der Waals surface area contributed by atoms with Gasteiger partial charge in [-0.2, -0.15) is 0 Å². The van der Waals surface area contributed by atoms with E-state index in [0.717, 1.165) is 0 Å². The van der Waals surface area contributed by atoms with Crippen molar-refractivity contribution in [1.82, 2.24) is 5.32 Å². The first-order valence-electron chi connectivity index (χ1n) is 5.98. The smallest absolute Gasteiger partial charge is 0.465 e. The third-order valence-electron chi connectivity index (χ3n) is 2.03. The highest BCUT2D eigenvalue weighted by Crippen LogP contribution is 2.17. The molecule has 17 heavy (non-hydrogen) atoms. The zero-order valence-corrected chi connectivity index (χ0v) is 11.8. The van der Waals surface area contributed by atoms with Crippen molar-refractivity contribution in [3.8, 4) is 0 Å². The molecule has 0 saturated carbocycles. The second kappa shape index (κ2) is 9.40. The quantitative estimate of drug-likeness (QED) is 0.464. The molecular formula is C10H23NO5Si. The molecule has 2 N–H and O–H groups in total. The summed E-state index contributed by atoms with van der Waals surface area (Å²) in [5.41, 5.74) is 0. The third kappa shape index (κ3) is 7.32. The minimum atomic E-state index is -2.60. The molecule has 0 radical (unpaired) electrons. The molecule has 102 valence electrons. The van der Waals surface area contributed by atoms with Crippen molar-refractivity contribution < 1.29 is 23.2 Å². The molecule has 0 heterocycles. The van der Waals surface area contributed by atoms with Gasteiger partial charge in [0.2, 0.25) is 0 Å². The maximum Gasteiger partial charge on any atom is 0.500 e. The lowest BCUT2D eigenvalue weighted by Gasteiger charge is -2.28. The molecule has 0 aliphatic heterocycles. The molecule has 0 atom stereocenters. The molecule has 0 aromatic rings. The molecule has 0 aliphatic carbocycles. The summed E-state index contributed by atoms with van der Waals surface area (Å²) in [5, 5.41) is 10.8. The van der Waals surface area contributed by atoms with Crippen LogP contribution in [-0.4, -0.2) is 46.4 Å². The average molecular weight is 265 g/mol. The van der Waals surface area contributed by atoms with Crippen LogP contribution in [0.2, 0.25) is 6.04 Å². The number of hydrogen-bond acceptors (Lipinski definition) is 4. The fraction of sp³-hybridized carbons (Fsp3) is 0.900. The Bertz CT molecular complexity index is 198. The first-order valence-corrected chi connectivity index (χ1v) is 7.92. The number of carboxylic acid groups (broad SMARTS) is 1. The van der Waals surface area contributed by atoms with Gasteiger partial charge < -0.3 is 23.7 Å². The summed E-state index contributed by atoms with van der Waals surface area (Å²) >= 11 is 0. The maximum absolute atomic E-state index is 10.3. The zero-order valence-electron chi connectivity index (χ0n) is 10.8. The normalized spacial score (nSPS) is 11.5. The van der Waals surface area contributed by atoms with E-state index < -0.39 is 14.9 Å². The first kappa shape index (κ1) is 16.4. The van der Waals surface area contributed by atoms with E-state index >= 15 is 0 Å². The van der Waals surface area contributed by atoms with Gasteiger partial charge in [-0.15, -0.1) is 0 Å². The summed E-state index contributed by atoms with van der Waals surface area (Å²) in [4.78, 5) is 10.3. The predicted octanol–water partition coefficient (Wildman–Crippen LogP) is 1.69. The van der Waals surface area contributed by atoms with Gasteiger partial charge in [-0.3, -0.25) is 0 Å². The van der Waals surface area contributed by atoms with Crippen molar-refractivity contribution in [3.05, 3.63) is 0 Å². The predicted molar refractivity (Wildman–Crippen MR) is 66.1 cm³/mol. The third-order valence-corrected chi connectivity index (χ3v) is 5.18. The lowest BCUT2D eigenvalue weighted by molar-refractivity contribution is 0.0707. The van der Waals surface area contributed by atoms with Crippen LogP contribution in [0, 0.1) is 0 Å². The van der Waals surface area contributed by atoms with Crippen molar-refractivity contribution in [2.24, 2.45) is 0 Å². The van der Waals surface area contributed by atoms with Crippen molar-refractivity contribution in [2.45, 2.75) is 33.2 Å². The summed E-state index contributed by atoms with van der Waals surface area (Å²) in [6, 6.07) is 0.628. The topological polar surface area (TPSA) is 77.0 Å². The molecule has 6 nitrogen and oxygen atoms in total. The molecule has 0 aromatic carbocycles. The monoisotopic (exact) mass is 265 g/mol. The fourth-order valence-corrected chi connectivity index (χ4v) is 4.11. The maximum atomic E-state index is 10.3. The van der Waals surface area contributed by atoms with Gasteiger partial charge in [0.05, 0.1) is 0 Å². The number of nitrogens with one attached hydrogen (secondary N) is 1. The Kier molecular flexibility index (Phi) is 9.05. The van der Waals surface area contributed by atoms with Gasteiger partial charge in [-0.1, -0.05) is 0 Å². The summed E-state index contributed by atoms with van der Waals surface area (Å²) in [6.07, 6.45) is -0.361. The van der Waals surface area contributed by atoms with E-state index in [4.69, 9.17) is 18.4 Å².